The SMILES string of the molecule is Cc1cccc([C@@H](O)C[C@@H](N)C(F)(F)F)c1.Cl. The minimum atomic E-state index is -4.47. The molecule has 0 aliphatic carbocycles. The van der Waals surface area contributed by atoms with Crippen LogP contribution in [0, 0.1) is 6.92 Å². The molecule has 0 amide bonds. The molecule has 2 nitrogen and oxygen atoms in total. The van der Waals surface area contributed by atoms with Gasteiger partial charge in [-0.25, -0.2) is 0 Å². The first-order valence-electron chi connectivity index (χ1n) is 4.87. The Labute approximate surface area is 104 Å². The molecule has 0 bridgehead atoms. The molecule has 0 aliphatic rings. The van der Waals surface area contributed by atoms with E-state index < -0.39 is 24.7 Å². The zero-order chi connectivity index (χ0) is 12.3. The van der Waals surface area contributed by atoms with Gasteiger partial charge in [-0.3, -0.25) is 0 Å². The lowest BCUT2D eigenvalue weighted by atomic mass is 10.0. The van der Waals surface area contributed by atoms with E-state index in [0.717, 1.165) is 5.56 Å². The predicted octanol–water partition coefficient (Wildman–Crippen LogP) is 2.73. The molecular weight excluding hydrogens is 255 g/mol. The molecule has 0 aromatic heterocycles. The molecule has 0 saturated heterocycles. The normalized spacial score (nSPS) is 14.9. The van der Waals surface area contributed by atoms with Gasteiger partial charge in [-0.15, -0.1) is 12.4 Å². The molecule has 0 radical (unpaired) electrons. The molecule has 2 atom stereocenters. The second-order valence-corrected chi connectivity index (χ2v) is 3.81. The lowest BCUT2D eigenvalue weighted by molar-refractivity contribution is -0.153. The van der Waals surface area contributed by atoms with E-state index in [-0.39, 0.29) is 12.4 Å². The van der Waals surface area contributed by atoms with E-state index in [2.05, 4.69) is 0 Å². The summed E-state index contributed by atoms with van der Waals surface area (Å²) in [7, 11) is 0. The minimum Gasteiger partial charge on any atom is -0.388 e. The van der Waals surface area contributed by atoms with Crippen molar-refractivity contribution < 1.29 is 18.3 Å². The Morgan fingerprint density at radius 3 is 2.41 bits per heavy atom. The average Bonchev–Trinajstić information content (AvgIpc) is 2.16. The molecule has 1 rings (SSSR count). The maximum absolute atomic E-state index is 12.2. The van der Waals surface area contributed by atoms with Gasteiger partial charge in [0.05, 0.1) is 6.10 Å². The van der Waals surface area contributed by atoms with Crippen molar-refractivity contribution in [2.24, 2.45) is 5.73 Å². The topological polar surface area (TPSA) is 46.2 Å². The van der Waals surface area contributed by atoms with Crippen LogP contribution in [0.25, 0.3) is 0 Å². The zero-order valence-corrected chi connectivity index (χ0v) is 10.1. The summed E-state index contributed by atoms with van der Waals surface area (Å²) >= 11 is 0. The van der Waals surface area contributed by atoms with Crippen molar-refractivity contribution in [3.63, 3.8) is 0 Å². The van der Waals surface area contributed by atoms with Gasteiger partial charge in [-0.05, 0) is 12.5 Å². The highest BCUT2D eigenvalue weighted by atomic mass is 35.5. The van der Waals surface area contributed by atoms with Gasteiger partial charge in [0, 0.05) is 6.42 Å². The van der Waals surface area contributed by atoms with Crippen molar-refractivity contribution >= 4 is 12.4 Å². The van der Waals surface area contributed by atoms with Gasteiger partial charge in [0.25, 0.3) is 0 Å². The fraction of sp³-hybridized carbons (Fsp3) is 0.455. The number of hydrogen-bond donors (Lipinski definition) is 2. The van der Waals surface area contributed by atoms with Crippen LogP contribution in [0.15, 0.2) is 24.3 Å². The van der Waals surface area contributed by atoms with Crippen LogP contribution in [0.4, 0.5) is 13.2 Å². The number of nitrogens with two attached hydrogens (primary N) is 1. The van der Waals surface area contributed by atoms with Crippen molar-refractivity contribution in [3.05, 3.63) is 35.4 Å². The molecule has 98 valence electrons. The third-order valence-electron chi connectivity index (χ3n) is 2.32. The Morgan fingerprint density at radius 2 is 1.94 bits per heavy atom. The van der Waals surface area contributed by atoms with Crippen LogP contribution in [-0.2, 0) is 0 Å². The lowest BCUT2D eigenvalue weighted by Gasteiger charge is -2.19. The number of aliphatic hydroxyl groups is 1. The molecule has 0 aliphatic heterocycles. The molecule has 0 fully saturated rings. The highest BCUT2D eigenvalue weighted by molar-refractivity contribution is 5.85. The van der Waals surface area contributed by atoms with Gasteiger partial charge in [0.2, 0.25) is 0 Å². The van der Waals surface area contributed by atoms with E-state index in [9.17, 15) is 18.3 Å². The van der Waals surface area contributed by atoms with E-state index in [1.165, 1.54) is 0 Å². The largest absolute Gasteiger partial charge is 0.403 e. The first-order chi connectivity index (χ1) is 7.30. The zero-order valence-electron chi connectivity index (χ0n) is 9.24. The van der Waals surface area contributed by atoms with Crippen LogP contribution in [0.3, 0.4) is 0 Å². The average molecular weight is 270 g/mol. The summed E-state index contributed by atoms with van der Waals surface area (Å²) in [5.41, 5.74) is 6.29. The Kier molecular flexibility index (Phi) is 5.95. The number of aryl methyl sites for hydroxylation is 1. The fourth-order valence-corrected chi connectivity index (χ4v) is 1.39. The molecule has 1 aromatic carbocycles. The summed E-state index contributed by atoms with van der Waals surface area (Å²) in [6.45, 7) is 1.81. The summed E-state index contributed by atoms with van der Waals surface area (Å²) in [5.74, 6) is 0. The number of benzene rings is 1. The highest BCUT2D eigenvalue weighted by Crippen LogP contribution is 2.26. The first-order valence-corrected chi connectivity index (χ1v) is 4.87. The van der Waals surface area contributed by atoms with Gasteiger partial charge in [-0.2, -0.15) is 13.2 Å². The standard InChI is InChI=1S/C11H14F3NO.ClH/c1-7-3-2-4-8(5-7)9(16)6-10(15)11(12,13)14;/h2-5,9-10,16H,6,15H2,1H3;1H/t9-,10+;/m0./s1. The summed E-state index contributed by atoms with van der Waals surface area (Å²) in [6.07, 6.45) is -6.17. The van der Waals surface area contributed by atoms with E-state index in [1.807, 2.05) is 0 Å². The molecule has 3 N–H and O–H groups in total. The number of aliphatic hydroxyl groups excluding tert-OH is 1. The van der Waals surface area contributed by atoms with Crippen molar-refractivity contribution in [3.8, 4) is 0 Å². The lowest BCUT2D eigenvalue weighted by Crippen LogP contribution is -2.38. The Bertz CT molecular complexity index is 357. The molecule has 0 unspecified atom stereocenters. The Hall–Kier alpha value is -0.780. The van der Waals surface area contributed by atoms with E-state index in [1.54, 1.807) is 31.2 Å². The predicted molar refractivity (Wildman–Crippen MR) is 62.0 cm³/mol. The third kappa shape index (κ3) is 4.93. The van der Waals surface area contributed by atoms with Crippen molar-refractivity contribution in [2.45, 2.75) is 31.7 Å². The van der Waals surface area contributed by atoms with Crippen LogP contribution >= 0.6 is 12.4 Å². The maximum Gasteiger partial charge on any atom is 0.403 e. The molecule has 17 heavy (non-hydrogen) atoms. The summed E-state index contributed by atoms with van der Waals surface area (Å²) in [4.78, 5) is 0. The number of halogens is 4. The minimum absolute atomic E-state index is 0. The van der Waals surface area contributed by atoms with E-state index in [4.69, 9.17) is 5.73 Å². The van der Waals surface area contributed by atoms with E-state index in [0.29, 0.717) is 5.56 Å². The van der Waals surface area contributed by atoms with Gasteiger partial charge >= 0.3 is 6.18 Å². The molecule has 1 aromatic rings. The fourth-order valence-electron chi connectivity index (χ4n) is 1.39. The molecular formula is C11H15ClF3NO. The molecule has 0 saturated carbocycles. The second-order valence-electron chi connectivity index (χ2n) is 3.81. The van der Waals surface area contributed by atoms with Gasteiger partial charge in [0.15, 0.2) is 0 Å². The Morgan fingerprint density at radius 1 is 1.35 bits per heavy atom. The van der Waals surface area contributed by atoms with Gasteiger partial charge in [0.1, 0.15) is 6.04 Å². The first kappa shape index (κ1) is 16.2. The van der Waals surface area contributed by atoms with E-state index >= 15 is 0 Å². The second kappa shape index (κ2) is 6.23. The third-order valence-corrected chi connectivity index (χ3v) is 2.32. The van der Waals surface area contributed by atoms with Crippen molar-refractivity contribution in [1.29, 1.82) is 0 Å². The van der Waals surface area contributed by atoms with Crippen molar-refractivity contribution in [2.75, 3.05) is 0 Å². The molecule has 0 spiro atoms. The van der Waals surface area contributed by atoms with Crippen LogP contribution in [0.1, 0.15) is 23.7 Å². The van der Waals surface area contributed by atoms with Gasteiger partial charge in [-0.1, -0.05) is 29.8 Å². The monoisotopic (exact) mass is 269 g/mol. The van der Waals surface area contributed by atoms with Crippen molar-refractivity contribution in [1.82, 2.24) is 0 Å². The summed E-state index contributed by atoms with van der Waals surface area (Å²) in [5, 5.41) is 9.60. The summed E-state index contributed by atoms with van der Waals surface area (Å²) < 4.78 is 36.5. The van der Waals surface area contributed by atoms with Crippen LogP contribution in [0.5, 0.6) is 0 Å². The molecule has 0 heterocycles. The maximum atomic E-state index is 12.2. The highest BCUT2D eigenvalue weighted by Gasteiger charge is 2.37. The number of alkyl halides is 3. The van der Waals surface area contributed by atoms with Crippen LogP contribution in [0.2, 0.25) is 0 Å². The molecule has 6 heteroatoms. The quantitative estimate of drug-likeness (QED) is 0.886. The van der Waals surface area contributed by atoms with Crippen LogP contribution < -0.4 is 5.73 Å². The number of rotatable bonds is 3. The Balaban J connectivity index is 0.00000256. The van der Waals surface area contributed by atoms with Crippen LogP contribution in [-0.4, -0.2) is 17.3 Å². The van der Waals surface area contributed by atoms with Gasteiger partial charge < -0.3 is 10.8 Å². The number of hydrogen-bond acceptors (Lipinski definition) is 2. The summed E-state index contributed by atoms with van der Waals surface area (Å²) in [6, 6.07) is 4.73. The smallest absolute Gasteiger partial charge is 0.388 e.